The maximum absolute atomic E-state index is 10.4. The van der Waals surface area contributed by atoms with Crippen LogP contribution in [0.1, 0.15) is 36.5 Å². The lowest BCUT2D eigenvalue weighted by Crippen LogP contribution is -2.29. The molecule has 22 heavy (non-hydrogen) atoms. The zero-order valence-electron chi connectivity index (χ0n) is 12.4. The second-order valence-corrected chi connectivity index (χ2v) is 5.32. The Labute approximate surface area is 144 Å². The van der Waals surface area contributed by atoms with Crippen molar-refractivity contribution >= 4 is 30.5 Å². The van der Waals surface area contributed by atoms with Gasteiger partial charge in [0.25, 0.3) is 0 Å². The van der Waals surface area contributed by atoms with Crippen LogP contribution in [0.4, 0.5) is 5.69 Å². The average Bonchev–Trinajstić information content (AvgIpc) is 2.56. The molecule has 1 aromatic heterocycles. The first kappa shape index (κ1) is 18.8. The standard InChI is InChI=1S/C17H20N2O.2ClH/c20-17(15-8-10-18-11-9-15)14-4-6-16(7-5-14)19-12-2-1-3-13-19;;/h4-11,17,20H,1-3,12-13H2;2*1H. The summed E-state index contributed by atoms with van der Waals surface area (Å²) in [6.45, 7) is 2.29. The van der Waals surface area contributed by atoms with Crippen molar-refractivity contribution in [2.75, 3.05) is 18.0 Å². The van der Waals surface area contributed by atoms with E-state index in [4.69, 9.17) is 0 Å². The summed E-state index contributed by atoms with van der Waals surface area (Å²) in [4.78, 5) is 6.40. The lowest BCUT2D eigenvalue weighted by atomic mass is 10.0. The second kappa shape index (κ2) is 8.99. The number of piperidine rings is 1. The van der Waals surface area contributed by atoms with E-state index in [1.54, 1.807) is 12.4 Å². The molecule has 0 aliphatic carbocycles. The Hall–Kier alpha value is -1.29. The first-order chi connectivity index (χ1) is 9.84. The zero-order chi connectivity index (χ0) is 13.8. The predicted octanol–water partition coefficient (Wildman–Crippen LogP) is 4.00. The van der Waals surface area contributed by atoms with Gasteiger partial charge in [-0.15, -0.1) is 24.8 Å². The van der Waals surface area contributed by atoms with E-state index in [9.17, 15) is 5.11 Å². The summed E-state index contributed by atoms with van der Waals surface area (Å²) in [6, 6.07) is 12.0. The third-order valence-corrected chi connectivity index (χ3v) is 3.95. The molecule has 120 valence electrons. The van der Waals surface area contributed by atoms with Crippen molar-refractivity contribution < 1.29 is 5.11 Å². The maximum atomic E-state index is 10.4. The van der Waals surface area contributed by atoms with Crippen LogP contribution < -0.4 is 4.90 Å². The first-order valence-corrected chi connectivity index (χ1v) is 7.27. The monoisotopic (exact) mass is 340 g/mol. The van der Waals surface area contributed by atoms with Crippen LogP contribution in [-0.4, -0.2) is 23.2 Å². The van der Waals surface area contributed by atoms with Gasteiger partial charge in [-0.2, -0.15) is 0 Å². The van der Waals surface area contributed by atoms with Crippen LogP contribution in [0, 0.1) is 0 Å². The molecule has 1 aliphatic heterocycles. The van der Waals surface area contributed by atoms with Gasteiger partial charge < -0.3 is 10.0 Å². The molecular weight excluding hydrogens is 319 g/mol. The third-order valence-electron chi connectivity index (χ3n) is 3.95. The fourth-order valence-electron chi connectivity index (χ4n) is 2.76. The van der Waals surface area contributed by atoms with Gasteiger partial charge in [0.1, 0.15) is 6.10 Å². The van der Waals surface area contributed by atoms with Gasteiger partial charge in [0.05, 0.1) is 0 Å². The van der Waals surface area contributed by atoms with Crippen molar-refractivity contribution in [2.45, 2.75) is 25.4 Å². The SMILES string of the molecule is Cl.Cl.OC(c1ccncc1)c1ccc(N2CCCCC2)cc1. The highest BCUT2D eigenvalue weighted by atomic mass is 35.5. The van der Waals surface area contributed by atoms with Crippen LogP contribution >= 0.6 is 24.8 Å². The van der Waals surface area contributed by atoms with Crippen LogP contribution in [0.25, 0.3) is 0 Å². The van der Waals surface area contributed by atoms with Crippen molar-refractivity contribution in [3.8, 4) is 0 Å². The van der Waals surface area contributed by atoms with E-state index in [1.165, 1.54) is 24.9 Å². The smallest absolute Gasteiger partial charge is 0.104 e. The van der Waals surface area contributed by atoms with E-state index in [1.807, 2.05) is 24.3 Å². The van der Waals surface area contributed by atoms with E-state index in [0.29, 0.717) is 0 Å². The van der Waals surface area contributed by atoms with E-state index < -0.39 is 6.10 Å². The minimum absolute atomic E-state index is 0. The molecule has 3 nitrogen and oxygen atoms in total. The summed E-state index contributed by atoms with van der Waals surface area (Å²) in [5, 5.41) is 10.4. The van der Waals surface area contributed by atoms with Crippen molar-refractivity contribution in [1.29, 1.82) is 0 Å². The lowest BCUT2D eigenvalue weighted by molar-refractivity contribution is 0.220. The molecule has 1 atom stereocenters. The van der Waals surface area contributed by atoms with Gasteiger partial charge in [-0.25, -0.2) is 0 Å². The number of hydrogen-bond acceptors (Lipinski definition) is 3. The van der Waals surface area contributed by atoms with Crippen LogP contribution in [0.3, 0.4) is 0 Å². The maximum Gasteiger partial charge on any atom is 0.104 e. The first-order valence-electron chi connectivity index (χ1n) is 7.27. The number of aromatic nitrogens is 1. The molecular formula is C17H22Cl2N2O. The summed E-state index contributed by atoms with van der Waals surface area (Å²) >= 11 is 0. The molecule has 1 unspecified atom stereocenters. The van der Waals surface area contributed by atoms with Gasteiger partial charge in [-0.1, -0.05) is 12.1 Å². The van der Waals surface area contributed by atoms with Crippen LogP contribution in [0.2, 0.25) is 0 Å². The molecule has 2 aromatic rings. The summed E-state index contributed by atoms with van der Waals surface area (Å²) in [5.74, 6) is 0. The second-order valence-electron chi connectivity index (χ2n) is 5.32. The van der Waals surface area contributed by atoms with Crippen molar-refractivity contribution in [1.82, 2.24) is 4.98 Å². The summed E-state index contributed by atoms with van der Waals surface area (Å²) in [6.07, 6.45) is 6.74. The summed E-state index contributed by atoms with van der Waals surface area (Å²) in [5.41, 5.74) is 3.07. The van der Waals surface area contributed by atoms with Gasteiger partial charge >= 0.3 is 0 Å². The Morgan fingerprint density at radius 1 is 0.818 bits per heavy atom. The van der Waals surface area contributed by atoms with Gasteiger partial charge in [-0.3, -0.25) is 4.98 Å². The largest absolute Gasteiger partial charge is 0.384 e. The van der Waals surface area contributed by atoms with Crippen LogP contribution in [-0.2, 0) is 0 Å². The fraction of sp³-hybridized carbons (Fsp3) is 0.353. The van der Waals surface area contributed by atoms with Crippen molar-refractivity contribution in [2.24, 2.45) is 0 Å². The number of pyridine rings is 1. The number of anilines is 1. The van der Waals surface area contributed by atoms with Gasteiger partial charge in [0.2, 0.25) is 0 Å². The molecule has 1 fully saturated rings. The molecule has 2 heterocycles. The molecule has 0 bridgehead atoms. The Balaban J connectivity index is 0.00000121. The molecule has 1 saturated heterocycles. The number of rotatable bonds is 3. The van der Waals surface area contributed by atoms with E-state index in [-0.39, 0.29) is 24.8 Å². The van der Waals surface area contributed by atoms with Crippen molar-refractivity contribution in [3.63, 3.8) is 0 Å². The Morgan fingerprint density at radius 3 is 1.95 bits per heavy atom. The van der Waals surface area contributed by atoms with Crippen LogP contribution in [0.5, 0.6) is 0 Å². The van der Waals surface area contributed by atoms with Gasteiger partial charge in [-0.05, 0) is 54.7 Å². The highest BCUT2D eigenvalue weighted by molar-refractivity contribution is 5.85. The fourth-order valence-corrected chi connectivity index (χ4v) is 2.76. The van der Waals surface area contributed by atoms with Crippen molar-refractivity contribution in [3.05, 3.63) is 59.9 Å². The molecule has 0 spiro atoms. The Morgan fingerprint density at radius 2 is 1.36 bits per heavy atom. The normalized spacial score (nSPS) is 15.4. The van der Waals surface area contributed by atoms with Crippen LogP contribution in [0.15, 0.2) is 48.8 Å². The number of benzene rings is 1. The van der Waals surface area contributed by atoms with Gasteiger partial charge in [0, 0.05) is 31.2 Å². The number of aliphatic hydroxyl groups is 1. The topological polar surface area (TPSA) is 36.4 Å². The number of aliphatic hydroxyl groups excluding tert-OH is 1. The molecule has 0 radical (unpaired) electrons. The average molecular weight is 341 g/mol. The molecule has 1 aromatic carbocycles. The summed E-state index contributed by atoms with van der Waals surface area (Å²) in [7, 11) is 0. The number of nitrogens with zero attached hydrogens (tertiary/aromatic N) is 2. The number of hydrogen-bond donors (Lipinski definition) is 1. The Kier molecular flexibility index (Phi) is 7.66. The molecule has 3 rings (SSSR count). The minimum atomic E-state index is -0.576. The van der Waals surface area contributed by atoms with Gasteiger partial charge in [0.15, 0.2) is 0 Å². The molecule has 1 N–H and O–H groups in total. The number of halogens is 2. The quantitative estimate of drug-likeness (QED) is 0.917. The zero-order valence-corrected chi connectivity index (χ0v) is 14.0. The predicted molar refractivity (Wildman–Crippen MR) is 95.3 cm³/mol. The van der Waals surface area contributed by atoms with E-state index >= 15 is 0 Å². The molecule has 1 aliphatic rings. The Bertz CT molecular complexity index is 542. The molecule has 5 heteroatoms. The highest BCUT2D eigenvalue weighted by Gasteiger charge is 2.13. The highest BCUT2D eigenvalue weighted by Crippen LogP contribution is 2.25. The summed E-state index contributed by atoms with van der Waals surface area (Å²) < 4.78 is 0. The minimum Gasteiger partial charge on any atom is -0.384 e. The molecule has 0 saturated carbocycles. The lowest BCUT2D eigenvalue weighted by Gasteiger charge is -2.29. The molecule has 0 amide bonds. The van der Waals surface area contributed by atoms with E-state index in [2.05, 4.69) is 22.0 Å². The third kappa shape index (κ3) is 4.35. The van der Waals surface area contributed by atoms with E-state index in [0.717, 1.165) is 24.2 Å².